The Morgan fingerprint density at radius 3 is 3.00 bits per heavy atom. The summed E-state index contributed by atoms with van der Waals surface area (Å²) < 4.78 is 1.95. The Kier molecular flexibility index (Phi) is 2.13. The second kappa shape index (κ2) is 3.49. The van der Waals surface area contributed by atoms with Crippen LogP contribution in [0.25, 0.3) is 11.0 Å². The first kappa shape index (κ1) is 9.16. The molecule has 0 spiro atoms. The highest BCUT2D eigenvalue weighted by atomic mass is 35.5. The molecule has 0 saturated heterocycles. The minimum atomic E-state index is 0.747. The second-order valence-corrected chi connectivity index (χ2v) is 4.58. The normalized spacial score (nSPS) is 16.9. The van der Waals surface area contributed by atoms with Crippen LogP contribution in [-0.4, -0.2) is 15.0 Å². The fraction of sp³-hybridized carbons (Fsp3) is 0.455. The molecular formula is C11H12ClN3. The van der Waals surface area contributed by atoms with E-state index in [0.29, 0.717) is 0 Å². The van der Waals surface area contributed by atoms with Crippen LogP contribution in [0.4, 0.5) is 0 Å². The summed E-state index contributed by atoms with van der Waals surface area (Å²) in [5, 5.41) is 9.03. The van der Waals surface area contributed by atoms with Crippen LogP contribution in [-0.2, 0) is 6.54 Å². The van der Waals surface area contributed by atoms with E-state index < -0.39 is 0 Å². The maximum absolute atomic E-state index is 6.15. The Hall–Kier alpha value is -1.09. The molecule has 1 aliphatic rings. The highest BCUT2D eigenvalue weighted by molar-refractivity contribution is 6.34. The van der Waals surface area contributed by atoms with Crippen LogP contribution < -0.4 is 0 Å². The van der Waals surface area contributed by atoms with E-state index in [1.807, 2.05) is 22.9 Å². The Bertz CT molecular complexity index is 488. The lowest BCUT2D eigenvalue weighted by Gasteiger charge is -2.24. The van der Waals surface area contributed by atoms with Crippen molar-refractivity contribution in [1.29, 1.82) is 0 Å². The van der Waals surface area contributed by atoms with Gasteiger partial charge in [0.15, 0.2) is 0 Å². The van der Waals surface area contributed by atoms with E-state index in [0.717, 1.165) is 28.5 Å². The van der Waals surface area contributed by atoms with Gasteiger partial charge in [0.2, 0.25) is 0 Å². The van der Waals surface area contributed by atoms with Gasteiger partial charge in [-0.1, -0.05) is 29.3 Å². The third-order valence-electron chi connectivity index (χ3n) is 3.14. The monoisotopic (exact) mass is 221 g/mol. The van der Waals surface area contributed by atoms with Crippen molar-refractivity contribution >= 4 is 22.6 Å². The smallest absolute Gasteiger partial charge is 0.114 e. The average molecular weight is 222 g/mol. The van der Waals surface area contributed by atoms with Gasteiger partial charge in [0.05, 0.1) is 5.02 Å². The van der Waals surface area contributed by atoms with E-state index in [-0.39, 0.29) is 0 Å². The van der Waals surface area contributed by atoms with Gasteiger partial charge in [-0.2, -0.15) is 0 Å². The van der Waals surface area contributed by atoms with E-state index in [4.69, 9.17) is 11.6 Å². The number of hydrogen-bond donors (Lipinski definition) is 0. The van der Waals surface area contributed by atoms with Crippen LogP contribution in [0.1, 0.15) is 19.3 Å². The Morgan fingerprint density at radius 1 is 1.40 bits per heavy atom. The summed E-state index contributed by atoms with van der Waals surface area (Å²) in [6.07, 6.45) is 3.97. The third kappa shape index (κ3) is 1.51. The van der Waals surface area contributed by atoms with Crippen molar-refractivity contribution in [3.63, 3.8) is 0 Å². The molecule has 1 saturated carbocycles. The Morgan fingerprint density at radius 2 is 2.27 bits per heavy atom. The van der Waals surface area contributed by atoms with Crippen LogP contribution in [0, 0.1) is 5.92 Å². The number of para-hydroxylation sites is 1. The molecule has 1 heterocycles. The number of benzene rings is 1. The van der Waals surface area contributed by atoms with Crippen LogP contribution in [0.5, 0.6) is 0 Å². The number of aromatic nitrogens is 3. The lowest BCUT2D eigenvalue weighted by atomic mass is 9.85. The quantitative estimate of drug-likeness (QED) is 0.781. The lowest BCUT2D eigenvalue weighted by molar-refractivity contribution is 0.268. The number of nitrogens with zero attached hydrogens (tertiary/aromatic N) is 3. The molecule has 0 N–H and O–H groups in total. The molecule has 1 fully saturated rings. The number of hydrogen-bond acceptors (Lipinski definition) is 2. The van der Waals surface area contributed by atoms with Gasteiger partial charge in [-0.05, 0) is 30.9 Å². The zero-order valence-corrected chi connectivity index (χ0v) is 9.11. The maximum atomic E-state index is 6.15. The minimum absolute atomic E-state index is 0.747. The number of fused-ring (bicyclic) bond motifs is 1. The van der Waals surface area contributed by atoms with E-state index >= 15 is 0 Å². The van der Waals surface area contributed by atoms with Gasteiger partial charge in [-0.15, -0.1) is 5.10 Å². The molecule has 3 rings (SSSR count). The molecular weight excluding hydrogens is 210 g/mol. The van der Waals surface area contributed by atoms with Crippen LogP contribution in [0.15, 0.2) is 18.2 Å². The molecule has 0 radical (unpaired) electrons. The molecule has 3 nitrogen and oxygen atoms in total. The fourth-order valence-electron chi connectivity index (χ4n) is 2.03. The molecule has 0 aliphatic heterocycles. The molecule has 0 bridgehead atoms. The predicted octanol–water partition coefficient (Wildman–Crippen LogP) is 2.88. The summed E-state index contributed by atoms with van der Waals surface area (Å²) in [6.45, 7) is 0.959. The topological polar surface area (TPSA) is 30.7 Å². The molecule has 1 aromatic carbocycles. The van der Waals surface area contributed by atoms with Crippen molar-refractivity contribution in [2.24, 2.45) is 5.92 Å². The zero-order chi connectivity index (χ0) is 10.3. The SMILES string of the molecule is Clc1cccc2nnn(CC3CCC3)c12. The third-order valence-corrected chi connectivity index (χ3v) is 3.44. The van der Waals surface area contributed by atoms with Gasteiger partial charge in [-0.25, -0.2) is 4.68 Å². The van der Waals surface area contributed by atoms with Gasteiger partial charge in [-0.3, -0.25) is 0 Å². The molecule has 0 atom stereocenters. The van der Waals surface area contributed by atoms with Crippen LogP contribution in [0.2, 0.25) is 5.02 Å². The number of halogens is 1. The van der Waals surface area contributed by atoms with E-state index in [2.05, 4.69) is 10.3 Å². The molecule has 78 valence electrons. The molecule has 1 aliphatic carbocycles. The minimum Gasteiger partial charge on any atom is -0.243 e. The molecule has 15 heavy (non-hydrogen) atoms. The standard InChI is InChI=1S/C11H12ClN3/c12-9-5-2-6-10-11(9)15(14-13-10)7-8-3-1-4-8/h2,5-6,8H,1,3-4,7H2. The molecule has 2 aromatic rings. The summed E-state index contributed by atoms with van der Waals surface area (Å²) in [7, 11) is 0. The van der Waals surface area contributed by atoms with E-state index in [9.17, 15) is 0 Å². The Balaban J connectivity index is 2.02. The largest absolute Gasteiger partial charge is 0.243 e. The van der Waals surface area contributed by atoms with Crippen LogP contribution in [0.3, 0.4) is 0 Å². The first-order valence-corrected chi connectivity index (χ1v) is 5.70. The van der Waals surface area contributed by atoms with Gasteiger partial charge in [0, 0.05) is 6.54 Å². The van der Waals surface area contributed by atoms with Crippen molar-refractivity contribution in [2.45, 2.75) is 25.8 Å². The predicted molar refractivity (Wildman–Crippen MR) is 59.9 cm³/mol. The summed E-state index contributed by atoms with van der Waals surface area (Å²) in [4.78, 5) is 0. The Labute approximate surface area is 93.0 Å². The van der Waals surface area contributed by atoms with E-state index in [1.54, 1.807) is 0 Å². The van der Waals surface area contributed by atoms with Crippen molar-refractivity contribution in [1.82, 2.24) is 15.0 Å². The average Bonchev–Trinajstić information content (AvgIpc) is 2.56. The van der Waals surface area contributed by atoms with E-state index in [1.165, 1.54) is 19.3 Å². The fourth-order valence-corrected chi connectivity index (χ4v) is 2.30. The molecule has 4 heteroatoms. The zero-order valence-electron chi connectivity index (χ0n) is 8.36. The summed E-state index contributed by atoms with van der Waals surface area (Å²) in [5.74, 6) is 0.770. The van der Waals surface area contributed by atoms with Gasteiger partial charge in [0.25, 0.3) is 0 Å². The van der Waals surface area contributed by atoms with Crippen molar-refractivity contribution in [2.75, 3.05) is 0 Å². The summed E-state index contributed by atoms with van der Waals surface area (Å²) >= 11 is 6.15. The molecule has 0 amide bonds. The van der Waals surface area contributed by atoms with Gasteiger partial charge < -0.3 is 0 Å². The van der Waals surface area contributed by atoms with Gasteiger partial charge in [0.1, 0.15) is 11.0 Å². The molecule has 0 unspecified atom stereocenters. The van der Waals surface area contributed by atoms with Gasteiger partial charge >= 0.3 is 0 Å². The van der Waals surface area contributed by atoms with Crippen molar-refractivity contribution in [3.8, 4) is 0 Å². The highest BCUT2D eigenvalue weighted by Crippen LogP contribution is 2.29. The first-order chi connectivity index (χ1) is 7.34. The lowest BCUT2D eigenvalue weighted by Crippen LogP contribution is -2.18. The first-order valence-electron chi connectivity index (χ1n) is 5.32. The summed E-state index contributed by atoms with van der Waals surface area (Å²) in [5.41, 5.74) is 1.87. The second-order valence-electron chi connectivity index (χ2n) is 4.18. The molecule has 1 aromatic heterocycles. The number of rotatable bonds is 2. The maximum Gasteiger partial charge on any atom is 0.114 e. The summed E-state index contributed by atoms with van der Waals surface area (Å²) in [6, 6.07) is 5.75. The van der Waals surface area contributed by atoms with Crippen molar-refractivity contribution in [3.05, 3.63) is 23.2 Å². The van der Waals surface area contributed by atoms with Crippen LogP contribution >= 0.6 is 11.6 Å². The van der Waals surface area contributed by atoms with Crippen molar-refractivity contribution < 1.29 is 0 Å². The highest BCUT2D eigenvalue weighted by Gasteiger charge is 2.19.